The highest BCUT2D eigenvalue weighted by Gasteiger charge is 2.06. The lowest BCUT2D eigenvalue weighted by atomic mass is 9.93. The van der Waals surface area contributed by atoms with E-state index in [1.54, 1.807) is 0 Å². The second-order valence-electron chi connectivity index (χ2n) is 6.62. The lowest BCUT2D eigenvalue weighted by molar-refractivity contribution is 1.29. The Morgan fingerprint density at radius 1 is 0.577 bits per heavy atom. The molecule has 1 aliphatic carbocycles. The first-order chi connectivity index (χ1) is 12.9. The van der Waals surface area contributed by atoms with Gasteiger partial charge in [-0.3, -0.25) is 0 Å². The molecule has 0 fully saturated rings. The maximum Gasteiger partial charge on any atom is 0.0875 e. The molecule has 5 rings (SSSR count). The summed E-state index contributed by atoms with van der Waals surface area (Å²) in [5.74, 6) is 0. The van der Waals surface area contributed by atoms with E-state index in [0.717, 1.165) is 6.42 Å². The molecule has 0 aliphatic heterocycles. The minimum atomic E-state index is -0.234. The predicted molar refractivity (Wildman–Crippen MR) is 117 cm³/mol. The van der Waals surface area contributed by atoms with Crippen LogP contribution in [0.5, 0.6) is 0 Å². The van der Waals surface area contributed by atoms with Crippen LogP contribution >= 0.6 is 0 Å². The number of hydrogen-bond donors (Lipinski definition) is 0. The van der Waals surface area contributed by atoms with Gasteiger partial charge in [-0.15, -0.1) is 0 Å². The second kappa shape index (κ2) is 7.98. The molecule has 1 heteroatoms. The fourth-order valence-electron chi connectivity index (χ4n) is 3.50. The molecule has 0 aromatic heterocycles. The molecule has 0 bridgehead atoms. The molecule has 126 valence electrons. The third-order valence-electron chi connectivity index (χ3n) is 4.75. The first-order valence-electron chi connectivity index (χ1n) is 9.15. The van der Waals surface area contributed by atoms with Gasteiger partial charge in [-0.1, -0.05) is 120 Å². The van der Waals surface area contributed by atoms with Crippen molar-refractivity contribution >= 4 is 36.7 Å². The summed E-state index contributed by atoms with van der Waals surface area (Å²) in [5.41, 5.74) is 2.81. The van der Waals surface area contributed by atoms with E-state index in [9.17, 15) is 0 Å². The van der Waals surface area contributed by atoms with Crippen LogP contribution in [0.4, 0.5) is 0 Å². The molecular weight excluding hydrogens is 328 g/mol. The highest BCUT2D eigenvalue weighted by Crippen LogP contribution is 2.27. The molecule has 0 amide bonds. The Hall–Kier alpha value is -2.90. The monoisotopic (exact) mass is 350 g/mol. The van der Waals surface area contributed by atoms with E-state index in [2.05, 4.69) is 109 Å². The maximum absolute atomic E-state index is 2.23. The molecular formula is C25H22Si. The summed E-state index contributed by atoms with van der Waals surface area (Å²) in [6.45, 7) is 0. The van der Waals surface area contributed by atoms with Crippen LogP contribution in [-0.2, 0) is 6.42 Å². The van der Waals surface area contributed by atoms with Crippen LogP contribution in [-0.4, -0.2) is 9.52 Å². The normalized spacial score (nSPS) is 11.7. The Morgan fingerprint density at radius 3 is 1.85 bits per heavy atom. The third-order valence-corrected chi connectivity index (χ3v) is 6.51. The van der Waals surface area contributed by atoms with Gasteiger partial charge in [-0.2, -0.15) is 0 Å². The molecule has 0 heterocycles. The fourth-order valence-corrected chi connectivity index (χ4v) is 4.99. The first kappa shape index (κ1) is 16.6. The Balaban J connectivity index is 0.000000129. The van der Waals surface area contributed by atoms with Gasteiger partial charge in [0.05, 0.1) is 9.52 Å². The van der Waals surface area contributed by atoms with Crippen LogP contribution in [0.15, 0.2) is 103 Å². The summed E-state index contributed by atoms with van der Waals surface area (Å²) in [6, 6.07) is 34.5. The highest BCUT2D eigenvalue weighted by molar-refractivity contribution is 6.67. The smallest absolute Gasteiger partial charge is 0.0795 e. The van der Waals surface area contributed by atoms with Crippen LogP contribution in [0.1, 0.15) is 11.1 Å². The molecule has 0 radical (unpaired) electrons. The van der Waals surface area contributed by atoms with E-state index in [1.807, 2.05) is 0 Å². The number of rotatable bonds is 2. The highest BCUT2D eigenvalue weighted by atomic mass is 28.2. The van der Waals surface area contributed by atoms with E-state index >= 15 is 0 Å². The van der Waals surface area contributed by atoms with Gasteiger partial charge in [-0.25, -0.2) is 0 Å². The van der Waals surface area contributed by atoms with E-state index < -0.39 is 0 Å². The van der Waals surface area contributed by atoms with Gasteiger partial charge in [0, 0.05) is 0 Å². The molecule has 0 saturated carbocycles. The van der Waals surface area contributed by atoms with Crippen molar-refractivity contribution in [2.24, 2.45) is 0 Å². The molecule has 0 N–H and O–H groups in total. The Morgan fingerprint density at radius 2 is 1.19 bits per heavy atom. The lowest BCUT2D eigenvalue weighted by Crippen LogP contribution is -2.26. The van der Waals surface area contributed by atoms with E-state index in [-0.39, 0.29) is 9.52 Å². The molecule has 0 saturated heterocycles. The van der Waals surface area contributed by atoms with Gasteiger partial charge < -0.3 is 0 Å². The quantitative estimate of drug-likeness (QED) is 0.475. The predicted octanol–water partition coefficient (Wildman–Crippen LogP) is 4.22. The van der Waals surface area contributed by atoms with Gasteiger partial charge in [0.2, 0.25) is 0 Å². The lowest BCUT2D eigenvalue weighted by Gasteiger charge is -2.11. The third kappa shape index (κ3) is 3.84. The van der Waals surface area contributed by atoms with Crippen molar-refractivity contribution in [3.8, 4) is 0 Å². The maximum atomic E-state index is 2.23. The van der Waals surface area contributed by atoms with Crippen LogP contribution in [0.25, 0.3) is 16.8 Å². The van der Waals surface area contributed by atoms with Crippen molar-refractivity contribution in [3.05, 3.63) is 114 Å². The Labute approximate surface area is 157 Å². The molecule has 1 aliphatic rings. The second-order valence-corrected chi connectivity index (χ2v) is 8.60. The van der Waals surface area contributed by atoms with Crippen molar-refractivity contribution in [1.82, 2.24) is 0 Å². The summed E-state index contributed by atoms with van der Waals surface area (Å²) in [7, 11) is -0.234. The van der Waals surface area contributed by atoms with Crippen molar-refractivity contribution in [3.63, 3.8) is 0 Å². The van der Waals surface area contributed by atoms with E-state index in [1.165, 1.54) is 32.3 Å². The first-order valence-corrected chi connectivity index (χ1v) is 10.6. The fraction of sp³-hybridized carbons (Fsp3) is 0.0400. The molecule has 0 unspecified atom stereocenters. The van der Waals surface area contributed by atoms with E-state index in [4.69, 9.17) is 0 Å². The molecule has 0 atom stereocenters. The molecule has 0 spiro atoms. The number of hydrogen-bond acceptors (Lipinski definition) is 0. The molecule has 0 nitrogen and oxygen atoms in total. The number of allylic oxidation sites excluding steroid dienone is 1. The van der Waals surface area contributed by atoms with Gasteiger partial charge in [0.1, 0.15) is 0 Å². The molecule has 4 aromatic carbocycles. The zero-order chi connectivity index (χ0) is 17.6. The van der Waals surface area contributed by atoms with Crippen LogP contribution in [0, 0.1) is 0 Å². The molecule has 4 aromatic rings. The van der Waals surface area contributed by atoms with Crippen molar-refractivity contribution in [1.29, 1.82) is 0 Å². The summed E-state index contributed by atoms with van der Waals surface area (Å²) in [5, 5.41) is 5.81. The topological polar surface area (TPSA) is 0 Å². The van der Waals surface area contributed by atoms with Crippen LogP contribution < -0.4 is 10.4 Å². The molecule has 26 heavy (non-hydrogen) atoms. The summed E-state index contributed by atoms with van der Waals surface area (Å²) in [4.78, 5) is 0. The van der Waals surface area contributed by atoms with Crippen LogP contribution in [0.2, 0.25) is 0 Å². The average molecular weight is 351 g/mol. The zero-order valence-electron chi connectivity index (χ0n) is 14.8. The average Bonchev–Trinajstić information content (AvgIpc) is 2.71. The largest absolute Gasteiger partial charge is 0.0875 e. The van der Waals surface area contributed by atoms with Crippen molar-refractivity contribution in [2.75, 3.05) is 0 Å². The Kier molecular flexibility index (Phi) is 5.09. The zero-order valence-corrected chi connectivity index (χ0v) is 16.2. The van der Waals surface area contributed by atoms with Gasteiger partial charge in [0.25, 0.3) is 0 Å². The summed E-state index contributed by atoms with van der Waals surface area (Å²) >= 11 is 0. The standard InChI is InChI=1S/C13H10.C12H12Si/c1-4-10-6-2-8-12-9-3-7-11(5-1)13(10)12;1-3-7-11(8-4-1)13-12-9-5-2-6-10-12/h1-8H,9H2;1-10H,13H2. The van der Waals surface area contributed by atoms with Crippen molar-refractivity contribution in [2.45, 2.75) is 6.42 Å². The van der Waals surface area contributed by atoms with Crippen molar-refractivity contribution < 1.29 is 0 Å². The van der Waals surface area contributed by atoms with Gasteiger partial charge in [-0.05, 0) is 28.3 Å². The van der Waals surface area contributed by atoms with Crippen LogP contribution in [0.3, 0.4) is 0 Å². The van der Waals surface area contributed by atoms with Gasteiger partial charge in [0.15, 0.2) is 0 Å². The minimum absolute atomic E-state index is 0.234. The van der Waals surface area contributed by atoms with Gasteiger partial charge >= 0.3 is 0 Å². The minimum Gasteiger partial charge on any atom is -0.0795 e. The number of benzene rings is 4. The van der Waals surface area contributed by atoms with E-state index in [0.29, 0.717) is 0 Å². The summed E-state index contributed by atoms with van der Waals surface area (Å²) < 4.78 is 0. The summed E-state index contributed by atoms with van der Waals surface area (Å²) in [6.07, 6.45) is 5.53. The Bertz CT molecular complexity index is 975. The SMILES string of the molecule is C1=Cc2cccc3cccc(c23)C1.c1ccc([SiH2]c2ccccc2)cc1.